The number of para-hydroxylation sites is 1. The fourth-order valence-corrected chi connectivity index (χ4v) is 3.38. The molecule has 1 aromatic carbocycles. The van der Waals surface area contributed by atoms with Crippen LogP contribution in [0.5, 0.6) is 0 Å². The second kappa shape index (κ2) is 5.21. The summed E-state index contributed by atoms with van der Waals surface area (Å²) in [5, 5.41) is 12.9. The molecule has 4 heteroatoms. The van der Waals surface area contributed by atoms with E-state index < -0.39 is 0 Å². The van der Waals surface area contributed by atoms with Gasteiger partial charge in [0, 0.05) is 17.8 Å². The molecule has 0 aliphatic carbocycles. The molecule has 2 atom stereocenters. The highest BCUT2D eigenvalue weighted by Crippen LogP contribution is 2.35. The van der Waals surface area contributed by atoms with Crippen LogP contribution in [0.2, 0.25) is 0 Å². The number of rotatable bonds is 3. The van der Waals surface area contributed by atoms with Crippen molar-refractivity contribution in [2.24, 2.45) is 0 Å². The summed E-state index contributed by atoms with van der Waals surface area (Å²) < 4.78 is 0. The molecule has 4 nitrogen and oxygen atoms in total. The molecule has 0 radical (unpaired) electrons. The Morgan fingerprint density at radius 2 is 1.84 bits per heavy atom. The summed E-state index contributed by atoms with van der Waals surface area (Å²) in [4.78, 5) is 14.3. The van der Waals surface area contributed by atoms with E-state index in [1.807, 2.05) is 35.2 Å². The lowest BCUT2D eigenvalue weighted by Crippen LogP contribution is -2.49. The monoisotopic (exact) mass is 260 g/mol. The van der Waals surface area contributed by atoms with Crippen LogP contribution in [-0.2, 0) is 4.79 Å². The van der Waals surface area contributed by atoms with Crippen LogP contribution < -0.4 is 5.32 Å². The topological polar surface area (TPSA) is 52.6 Å². The maximum absolute atomic E-state index is 12.3. The van der Waals surface area contributed by atoms with E-state index in [0.717, 1.165) is 31.4 Å². The fourth-order valence-electron chi connectivity index (χ4n) is 3.38. The van der Waals surface area contributed by atoms with E-state index in [-0.39, 0.29) is 24.1 Å². The zero-order chi connectivity index (χ0) is 13.2. The molecule has 1 aromatic rings. The number of amides is 1. The molecule has 2 saturated heterocycles. The van der Waals surface area contributed by atoms with Crippen LogP contribution in [0.25, 0.3) is 0 Å². The first-order valence-electron chi connectivity index (χ1n) is 7.02. The molecular weight excluding hydrogens is 240 g/mol. The molecule has 1 amide bonds. The Labute approximate surface area is 113 Å². The number of carbonyl (C=O) groups excluding carboxylic acids is 1. The molecule has 102 valence electrons. The van der Waals surface area contributed by atoms with E-state index in [4.69, 9.17) is 0 Å². The largest absolute Gasteiger partial charge is 0.393 e. The maximum Gasteiger partial charge on any atom is 0.242 e. The Morgan fingerprint density at radius 3 is 2.47 bits per heavy atom. The molecule has 2 aliphatic rings. The third-order valence-electron chi connectivity index (χ3n) is 4.21. The summed E-state index contributed by atoms with van der Waals surface area (Å²) in [7, 11) is 0. The number of anilines is 1. The van der Waals surface area contributed by atoms with Crippen LogP contribution in [0.1, 0.15) is 25.7 Å². The zero-order valence-corrected chi connectivity index (χ0v) is 11.0. The van der Waals surface area contributed by atoms with E-state index in [1.54, 1.807) is 0 Å². The maximum atomic E-state index is 12.3. The fraction of sp³-hybridized carbons (Fsp3) is 0.533. The summed E-state index contributed by atoms with van der Waals surface area (Å²) in [6.07, 6.45) is 3.35. The van der Waals surface area contributed by atoms with Gasteiger partial charge in [-0.15, -0.1) is 0 Å². The highest BCUT2D eigenvalue weighted by molar-refractivity contribution is 5.82. The lowest BCUT2D eigenvalue weighted by atomic mass is 10.00. The highest BCUT2D eigenvalue weighted by Gasteiger charge is 2.42. The number of hydrogen-bond acceptors (Lipinski definition) is 3. The summed E-state index contributed by atoms with van der Waals surface area (Å²) in [5.41, 5.74) is 0.972. The lowest BCUT2D eigenvalue weighted by molar-refractivity contribution is -0.135. The van der Waals surface area contributed by atoms with Crippen molar-refractivity contribution in [2.75, 3.05) is 11.9 Å². The number of hydrogen-bond donors (Lipinski definition) is 2. The Kier molecular flexibility index (Phi) is 3.42. The van der Waals surface area contributed by atoms with E-state index in [1.165, 1.54) is 0 Å². The van der Waals surface area contributed by atoms with Gasteiger partial charge < -0.3 is 15.3 Å². The Hall–Kier alpha value is -1.55. The van der Waals surface area contributed by atoms with Gasteiger partial charge >= 0.3 is 0 Å². The molecule has 0 saturated carbocycles. The van der Waals surface area contributed by atoms with Crippen molar-refractivity contribution in [1.29, 1.82) is 0 Å². The Balaban J connectivity index is 1.59. The van der Waals surface area contributed by atoms with Crippen LogP contribution in [0.15, 0.2) is 30.3 Å². The van der Waals surface area contributed by atoms with Crippen molar-refractivity contribution < 1.29 is 9.90 Å². The number of nitrogens with zero attached hydrogens (tertiary/aromatic N) is 1. The number of carbonyl (C=O) groups is 1. The van der Waals surface area contributed by atoms with Crippen LogP contribution in [0.4, 0.5) is 5.69 Å². The molecular formula is C15H20N2O2. The minimum Gasteiger partial charge on any atom is -0.393 e. The van der Waals surface area contributed by atoms with Gasteiger partial charge in [-0.25, -0.2) is 0 Å². The van der Waals surface area contributed by atoms with Gasteiger partial charge in [0.15, 0.2) is 0 Å². The third kappa shape index (κ3) is 2.59. The van der Waals surface area contributed by atoms with E-state index in [0.29, 0.717) is 6.54 Å². The lowest BCUT2D eigenvalue weighted by Gasteiger charge is -2.37. The average molecular weight is 260 g/mol. The van der Waals surface area contributed by atoms with Crippen molar-refractivity contribution in [3.63, 3.8) is 0 Å². The number of piperidine rings is 1. The molecule has 19 heavy (non-hydrogen) atoms. The SMILES string of the molecule is O=C(CNc1ccccc1)N1C2CCC1CC(O)C2. The first-order valence-corrected chi connectivity index (χ1v) is 7.02. The van der Waals surface area contributed by atoms with Crippen LogP contribution in [-0.4, -0.2) is 40.6 Å². The van der Waals surface area contributed by atoms with Gasteiger partial charge in [-0.05, 0) is 37.8 Å². The van der Waals surface area contributed by atoms with Crippen LogP contribution in [0.3, 0.4) is 0 Å². The smallest absolute Gasteiger partial charge is 0.242 e. The summed E-state index contributed by atoms with van der Waals surface area (Å²) in [6, 6.07) is 10.3. The van der Waals surface area contributed by atoms with Crippen molar-refractivity contribution in [1.82, 2.24) is 4.90 Å². The van der Waals surface area contributed by atoms with Gasteiger partial charge in [0.05, 0.1) is 12.6 Å². The molecule has 2 unspecified atom stereocenters. The van der Waals surface area contributed by atoms with Gasteiger partial charge in [-0.2, -0.15) is 0 Å². The van der Waals surface area contributed by atoms with Crippen molar-refractivity contribution in [3.05, 3.63) is 30.3 Å². The predicted octanol–water partition coefficient (Wildman–Crippen LogP) is 1.61. The highest BCUT2D eigenvalue weighted by atomic mass is 16.3. The molecule has 0 spiro atoms. The minimum absolute atomic E-state index is 0.156. The van der Waals surface area contributed by atoms with E-state index in [2.05, 4.69) is 5.32 Å². The Bertz CT molecular complexity index is 435. The van der Waals surface area contributed by atoms with Crippen molar-refractivity contribution >= 4 is 11.6 Å². The molecule has 2 N–H and O–H groups in total. The first-order chi connectivity index (χ1) is 9.24. The molecule has 2 aliphatic heterocycles. The van der Waals surface area contributed by atoms with Gasteiger partial charge in [-0.3, -0.25) is 4.79 Å². The summed E-state index contributed by atoms with van der Waals surface area (Å²) >= 11 is 0. The Morgan fingerprint density at radius 1 is 1.21 bits per heavy atom. The molecule has 0 aromatic heterocycles. The molecule has 3 rings (SSSR count). The second-order valence-corrected chi connectivity index (χ2v) is 5.53. The average Bonchev–Trinajstić information content (AvgIpc) is 2.70. The number of aliphatic hydroxyl groups excluding tert-OH is 1. The van der Waals surface area contributed by atoms with Gasteiger partial charge in [-0.1, -0.05) is 18.2 Å². The normalized spacial score (nSPS) is 29.3. The summed E-state index contributed by atoms with van der Waals surface area (Å²) in [5.74, 6) is 0.156. The minimum atomic E-state index is -0.219. The zero-order valence-electron chi connectivity index (χ0n) is 11.0. The van der Waals surface area contributed by atoms with Crippen LogP contribution in [0, 0.1) is 0 Å². The van der Waals surface area contributed by atoms with Gasteiger partial charge in [0.2, 0.25) is 5.91 Å². The van der Waals surface area contributed by atoms with Gasteiger partial charge in [0.1, 0.15) is 0 Å². The molecule has 2 heterocycles. The molecule has 2 bridgehead atoms. The van der Waals surface area contributed by atoms with E-state index in [9.17, 15) is 9.90 Å². The second-order valence-electron chi connectivity index (χ2n) is 5.53. The van der Waals surface area contributed by atoms with Crippen molar-refractivity contribution in [2.45, 2.75) is 43.9 Å². The number of aliphatic hydroxyl groups is 1. The van der Waals surface area contributed by atoms with Gasteiger partial charge in [0.25, 0.3) is 0 Å². The third-order valence-corrected chi connectivity index (χ3v) is 4.21. The van der Waals surface area contributed by atoms with E-state index >= 15 is 0 Å². The first kappa shape index (κ1) is 12.5. The number of fused-ring (bicyclic) bond motifs is 2. The van der Waals surface area contributed by atoms with Crippen molar-refractivity contribution in [3.8, 4) is 0 Å². The number of benzene rings is 1. The standard InChI is InChI=1S/C15H20N2O2/c18-14-8-12-6-7-13(9-14)17(12)15(19)10-16-11-4-2-1-3-5-11/h1-5,12-14,16,18H,6-10H2. The predicted molar refractivity (Wildman–Crippen MR) is 73.8 cm³/mol. The van der Waals surface area contributed by atoms with Crippen LogP contribution >= 0.6 is 0 Å². The quantitative estimate of drug-likeness (QED) is 0.868. The summed E-state index contributed by atoms with van der Waals surface area (Å²) in [6.45, 7) is 0.340. The number of nitrogens with one attached hydrogen (secondary N) is 1. The molecule has 2 fully saturated rings.